The minimum atomic E-state index is -0.359. The van der Waals surface area contributed by atoms with Gasteiger partial charge in [-0.25, -0.2) is 24.0 Å². The summed E-state index contributed by atoms with van der Waals surface area (Å²) in [4.78, 5) is 64.4. The zero-order valence-electron chi connectivity index (χ0n) is 73.6. The van der Waals surface area contributed by atoms with Gasteiger partial charge in [-0.3, -0.25) is 4.79 Å². The van der Waals surface area contributed by atoms with Gasteiger partial charge in [0.2, 0.25) is 0 Å². The summed E-state index contributed by atoms with van der Waals surface area (Å²) in [6, 6.07) is 0. The molecule has 0 atom stereocenters. The lowest BCUT2D eigenvalue weighted by Gasteiger charge is -2.39. The van der Waals surface area contributed by atoms with Crippen LogP contribution < -0.4 is 0 Å². The number of ether oxygens (including phenoxy) is 15. The maximum atomic E-state index is 11.4. The first-order valence-electron chi connectivity index (χ1n) is 42.5. The molecule has 2 saturated heterocycles. The van der Waals surface area contributed by atoms with Crippen LogP contribution >= 0.6 is 0 Å². The zero-order valence-corrected chi connectivity index (χ0v) is 73.6. The van der Waals surface area contributed by atoms with Gasteiger partial charge in [-0.15, -0.1) is 13.2 Å². The molecule has 2 aliphatic heterocycles. The Kier molecular flexibility index (Phi) is 113. The molecule has 0 saturated carbocycles. The number of unbranched alkanes of at least 4 members (excludes halogenated alkanes) is 28. The second-order valence-electron chi connectivity index (χ2n) is 27.6. The maximum Gasteiger partial charge on any atom is 0.330 e. The maximum absolute atomic E-state index is 11.4. The molecular weight excluding hydrogens is 1430 g/mol. The number of hydrogen-bond acceptors (Lipinski definition) is 21. The number of rotatable bonds is 67. The van der Waals surface area contributed by atoms with Crippen molar-refractivity contribution in [3.63, 3.8) is 0 Å². The van der Waals surface area contributed by atoms with Crippen LogP contribution in [0.1, 0.15) is 292 Å². The van der Waals surface area contributed by atoms with Gasteiger partial charge in [0.1, 0.15) is 6.61 Å². The Balaban J connectivity index is -0.000000223. The fourth-order valence-electron chi connectivity index (χ4n) is 9.48. The third kappa shape index (κ3) is 109. The van der Waals surface area contributed by atoms with E-state index in [9.17, 15) is 28.8 Å². The predicted octanol–water partition coefficient (Wildman–Crippen LogP) is 21.1. The minimum Gasteiger partial charge on any atom is -0.465 e. The quantitative estimate of drug-likeness (QED) is 0.0181. The van der Waals surface area contributed by atoms with Gasteiger partial charge in [-0.2, -0.15) is 0 Å². The van der Waals surface area contributed by atoms with Crippen LogP contribution in [0.2, 0.25) is 0 Å². The van der Waals surface area contributed by atoms with Crippen molar-refractivity contribution >= 4 is 35.8 Å². The number of esters is 6. The summed E-state index contributed by atoms with van der Waals surface area (Å²) in [5.41, 5.74) is 0.421. The van der Waals surface area contributed by atoms with Crippen LogP contribution in [0.5, 0.6) is 0 Å². The SMILES string of the molecule is C=CC(=O)OCCCCCCC.C=CC(=O)OCCCCCCCCC.C=CC(=O)OCCCCCCCCOC.C=CC(=O)OCCCCCCOC.C=CC(=O)OCCCCOC.C=CCCCCCCOC.C=CCCOC.CCCCCCC(=O)OCC1(CC)COC1.CCOCCCCCOCC1(C)COC1. The molecule has 2 rings (SSSR count). The first kappa shape index (κ1) is 120. The van der Waals surface area contributed by atoms with Gasteiger partial charge < -0.3 is 71.1 Å². The Labute approximate surface area is 684 Å². The van der Waals surface area contributed by atoms with Crippen LogP contribution in [-0.4, -0.2) is 197 Å². The molecule has 0 aliphatic carbocycles. The van der Waals surface area contributed by atoms with Gasteiger partial charge in [0, 0.05) is 131 Å². The van der Waals surface area contributed by atoms with Crippen LogP contribution in [0.4, 0.5) is 0 Å². The van der Waals surface area contributed by atoms with E-state index < -0.39 is 0 Å². The Morgan fingerprint density at radius 3 is 0.857 bits per heavy atom. The molecule has 0 radical (unpaired) electrons. The summed E-state index contributed by atoms with van der Waals surface area (Å²) in [6.07, 6.45) is 53.9. The normalized spacial score (nSPS) is 12.0. The molecule has 112 heavy (non-hydrogen) atoms. The fourth-order valence-corrected chi connectivity index (χ4v) is 9.48. The lowest BCUT2D eigenvalue weighted by molar-refractivity contribution is -0.170. The lowest BCUT2D eigenvalue weighted by atomic mass is 9.84. The average Bonchev–Trinajstić information content (AvgIpc) is 0.841. The minimum absolute atomic E-state index is 0.0455. The molecule has 660 valence electrons. The molecule has 0 aromatic carbocycles. The van der Waals surface area contributed by atoms with Crippen LogP contribution in [0.15, 0.2) is 88.6 Å². The number of methoxy groups -OCH3 is 5. The van der Waals surface area contributed by atoms with Gasteiger partial charge in [0.05, 0.1) is 71.5 Å². The summed E-state index contributed by atoms with van der Waals surface area (Å²) >= 11 is 0. The van der Waals surface area contributed by atoms with Crippen molar-refractivity contribution in [2.24, 2.45) is 10.8 Å². The van der Waals surface area contributed by atoms with Crippen molar-refractivity contribution in [3.8, 4) is 0 Å². The third-order valence-corrected chi connectivity index (χ3v) is 16.8. The lowest BCUT2D eigenvalue weighted by Crippen LogP contribution is -2.46. The van der Waals surface area contributed by atoms with E-state index >= 15 is 0 Å². The Morgan fingerprint density at radius 1 is 0.304 bits per heavy atom. The number of allylic oxidation sites excluding steroid dienone is 1. The van der Waals surface area contributed by atoms with Crippen molar-refractivity contribution in [1.82, 2.24) is 0 Å². The van der Waals surface area contributed by atoms with E-state index in [0.717, 1.165) is 214 Å². The standard InChI is InChI=1S/C13H24O3.C12H24O3.C12H22O3.C12H22O2.C10H18O3.C10H18O2.C9H18O.C8H14O3.C5H10O/c1-3-5-6-7-8-12(14)16-11-13(4-2)9-15-10-13;1-3-13-7-5-4-6-8-14-9-12(2)10-15-11-12;1-3-12(13)15-11-9-7-5-4-6-8-10-14-2;1-3-5-6-7-8-9-10-11-14-12(13)4-2;1-3-10(11)13-9-7-5-4-6-8-12-2;1-3-5-6-7-8-9-12-10(11)4-2;1-3-4-5-6-7-8-9-10-2;1-3-8(9)11-7-5-4-6-10-2;1-3-4-5-6-2/h3-11H2,1-2H3;3-11H2,1-2H3;3H,1,4-11H2,2H3;4H,2-3,5-11H2,1H3;3H,1,4-9H2,2H3;4H,2-3,5-9H2,1H3;3H,1,4-9H2,2H3;3H,1,4-7H2,2H3;3H,1,4-5H2,2H3. The van der Waals surface area contributed by atoms with E-state index in [0.29, 0.717) is 58.1 Å². The molecule has 2 aliphatic rings. The van der Waals surface area contributed by atoms with Gasteiger partial charge >= 0.3 is 35.8 Å². The molecule has 0 spiro atoms. The molecule has 0 amide bonds. The highest BCUT2D eigenvalue weighted by atomic mass is 16.6. The van der Waals surface area contributed by atoms with Gasteiger partial charge in [0.15, 0.2) is 0 Å². The molecule has 21 heteroatoms. The zero-order chi connectivity index (χ0) is 85.0. The molecule has 2 heterocycles. The fraction of sp³-hybridized carbons (Fsp3) is 0.780. The molecule has 2 fully saturated rings. The molecule has 0 aromatic rings. The van der Waals surface area contributed by atoms with Gasteiger partial charge in [-0.05, 0) is 122 Å². The van der Waals surface area contributed by atoms with Crippen LogP contribution in [0.3, 0.4) is 0 Å². The Morgan fingerprint density at radius 2 is 0.580 bits per heavy atom. The van der Waals surface area contributed by atoms with E-state index in [1.807, 2.05) is 19.1 Å². The van der Waals surface area contributed by atoms with Crippen molar-refractivity contribution in [2.75, 3.05) is 161 Å². The molecule has 0 bridgehead atoms. The second kappa shape index (κ2) is 106. The highest BCUT2D eigenvalue weighted by molar-refractivity contribution is 5.82. The third-order valence-electron chi connectivity index (χ3n) is 16.8. The monoisotopic (exact) mass is 1600 g/mol. The summed E-state index contributed by atoms with van der Waals surface area (Å²) in [5, 5.41) is 0. The summed E-state index contributed by atoms with van der Waals surface area (Å²) in [5.74, 6) is -1.69. The van der Waals surface area contributed by atoms with Crippen molar-refractivity contribution in [2.45, 2.75) is 292 Å². The van der Waals surface area contributed by atoms with Crippen molar-refractivity contribution < 1.29 is 99.8 Å². The molecule has 21 nitrogen and oxygen atoms in total. The number of hydrogen-bond donors (Lipinski definition) is 0. The smallest absolute Gasteiger partial charge is 0.330 e. The Hall–Kier alpha value is -5.36. The van der Waals surface area contributed by atoms with E-state index in [1.165, 1.54) is 140 Å². The van der Waals surface area contributed by atoms with Crippen LogP contribution in [0, 0.1) is 10.8 Å². The first-order valence-corrected chi connectivity index (χ1v) is 42.5. The summed E-state index contributed by atoms with van der Waals surface area (Å²) in [7, 11) is 8.52. The van der Waals surface area contributed by atoms with Crippen LogP contribution in [0.25, 0.3) is 0 Å². The number of carbonyl (C=O) groups excluding carboxylic acids is 6. The van der Waals surface area contributed by atoms with E-state index in [4.69, 9.17) is 71.1 Å². The van der Waals surface area contributed by atoms with E-state index in [2.05, 4.69) is 80.7 Å². The Bertz CT molecular complexity index is 2050. The highest BCUT2D eigenvalue weighted by Crippen LogP contribution is 2.31. The topological polar surface area (TPSA) is 241 Å². The summed E-state index contributed by atoms with van der Waals surface area (Å²) < 4.78 is 74.9. The van der Waals surface area contributed by atoms with Crippen LogP contribution in [-0.2, 0) is 99.8 Å². The second-order valence-corrected chi connectivity index (χ2v) is 27.6. The average molecular weight is 1600 g/mol. The predicted molar refractivity (Wildman–Crippen MR) is 459 cm³/mol. The van der Waals surface area contributed by atoms with Gasteiger partial charge in [-0.1, -0.05) is 208 Å². The van der Waals surface area contributed by atoms with E-state index in [1.54, 1.807) is 35.5 Å². The first-order chi connectivity index (χ1) is 54.4. The molecule has 0 aromatic heterocycles. The molecular formula is C91H170O21. The van der Waals surface area contributed by atoms with Crippen molar-refractivity contribution in [3.05, 3.63) is 88.6 Å². The van der Waals surface area contributed by atoms with E-state index in [-0.39, 0.29) is 41.2 Å². The van der Waals surface area contributed by atoms with Crippen molar-refractivity contribution in [1.29, 1.82) is 0 Å². The highest BCUT2D eigenvalue weighted by Gasteiger charge is 2.38. The largest absolute Gasteiger partial charge is 0.465 e. The molecule has 0 unspecified atom stereocenters. The molecule has 0 N–H and O–H groups in total. The summed E-state index contributed by atoms with van der Waals surface area (Å²) in [6.45, 7) is 50.5. The van der Waals surface area contributed by atoms with Gasteiger partial charge in [0.25, 0.3) is 0 Å². The number of carbonyl (C=O) groups is 6.